The summed E-state index contributed by atoms with van der Waals surface area (Å²) in [6, 6.07) is 5.35. The summed E-state index contributed by atoms with van der Waals surface area (Å²) in [7, 11) is 0. The van der Waals surface area contributed by atoms with Crippen LogP contribution in [0.4, 0.5) is 5.69 Å². The summed E-state index contributed by atoms with van der Waals surface area (Å²) in [5.74, 6) is -0.107. The van der Waals surface area contributed by atoms with Gasteiger partial charge in [0.15, 0.2) is 0 Å². The van der Waals surface area contributed by atoms with Crippen LogP contribution in [0.3, 0.4) is 0 Å². The van der Waals surface area contributed by atoms with E-state index in [9.17, 15) is 4.79 Å². The zero-order valence-corrected chi connectivity index (χ0v) is 11.5. The van der Waals surface area contributed by atoms with Crippen molar-refractivity contribution < 1.29 is 4.79 Å². The molecule has 16 heavy (non-hydrogen) atoms. The van der Waals surface area contributed by atoms with E-state index in [2.05, 4.69) is 21.2 Å². The molecule has 0 saturated heterocycles. The van der Waals surface area contributed by atoms with Crippen molar-refractivity contribution in [2.75, 3.05) is 5.32 Å². The van der Waals surface area contributed by atoms with Gasteiger partial charge in [0.1, 0.15) is 0 Å². The molecular formula is C12H13BrClNO. The Morgan fingerprint density at radius 3 is 2.88 bits per heavy atom. The van der Waals surface area contributed by atoms with E-state index >= 15 is 0 Å². The molecule has 1 aromatic carbocycles. The maximum absolute atomic E-state index is 11.7. The Morgan fingerprint density at radius 1 is 1.56 bits per heavy atom. The number of nitrogens with one attached hydrogen (secondary N) is 1. The molecule has 0 radical (unpaired) electrons. The molecular weight excluding hydrogens is 289 g/mol. The summed E-state index contributed by atoms with van der Waals surface area (Å²) in [5, 5.41) is 3.38. The van der Waals surface area contributed by atoms with Gasteiger partial charge in [-0.3, -0.25) is 4.79 Å². The Hall–Kier alpha value is -0.800. The van der Waals surface area contributed by atoms with Gasteiger partial charge in [-0.2, -0.15) is 0 Å². The fourth-order valence-corrected chi connectivity index (χ4v) is 1.76. The molecule has 4 heteroatoms. The highest BCUT2D eigenvalue weighted by molar-refractivity contribution is 9.10. The molecule has 1 aromatic rings. The molecule has 1 N–H and O–H groups in total. The van der Waals surface area contributed by atoms with Crippen molar-refractivity contribution in [3.05, 3.63) is 39.3 Å². The number of benzene rings is 1. The Balaban J connectivity index is 2.85. The molecule has 0 unspecified atom stereocenters. The van der Waals surface area contributed by atoms with Crippen LogP contribution in [-0.2, 0) is 4.79 Å². The van der Waals surface area contributed by atoms with Gasteiger partial charge in [-0.05, 0) is 41.4 Å². The Kier molecular flexibility index (Phi) is 5.03. The summed E-state index contributed by atoms with van der Waals surface area (Å²) in [4.78, 5) is 11.7. The summed E-state index contributed by atoms with van der Waals surface area (Å²) in [6.07, 6.45) is 2.73. The van der Waals surface area contributed by atoms with Crippen molar-refractivity contribution in [2.24, 2.45) is 0 Å². The van der Waals surface area contributed by atoms with Crippen LogP contribution in [0.25, 0.3) is 0 Å². The highest BCUT2D eigenvalue weighted by Gasteiger charge is 2.08. The number of carbonyl (C=O) groups is 1. The standard InChI is InChI=1S/C12H13BrClNO/c1-3-5-8(2)12(16)15-10-7-4-6-9(14)11(10)13/h4-7H,3H2,1-2H3,(H,15,16)/b8-5-. The first-order chi connectivity index (χ1) is 7.56. The number of rotatable bonds is 3. The second kappa shape index (κ2) is 6.06. The molecule has 0 bridgehead atoms. The summed E-state index contributed by atoms with van der Waals surface area (Å²) in [5.41, 5.74) is 1.38. The zero-order valence-electron chi connectivity index (χ0n) is 9.18. The highest BCUT2D eigenvalue weighted by atomic mass is 79.9. The lowest BCUT2D eigenvalue weighted by Crippen LogP contribution is -2.13. The molecule has 2 nitrogen and oxygen atoms in total. The SMILES string of the molecule is CC/C=C(/C)C(=O)Nc1cccc(Cl)c1Br. The van der Waals surface area contributed by atoms with Crippen molar-refractivity contribution in [3.63, 3.8) is 0 Å². The highest BCUT2D eigenvalue weighted by Crippen LogP contribution is 2.30. The molecule has 0 heterocycles. The van der Waals surface area contributed by atoms with Crippen LogP contribution in [0.2, 0.25) is 5.02 Å². The van der Waals surface area contributed by atoms with E-state index in [1.165, 1.54) is 0 Å². The van der Waals surface area contributed by atoms with E-state index in [1.807, 2.05) is 13.0 Å². The molecule has 0 spiro atoms. The molecule has 0 saturated carbocycles. The van der Waals surface area contributed by atoms with Crippen LogP contribution in [-0.4, -0.2) is 5.91 Å². The van der Waals surface area contributed by atoms with E-state index in [4.69, 9.17) is 11.6 Å². The van der Waals surface area contributed by atoms with Gasteiger partial charge in [-0.1, -0.05) is 30.7 Å². The number of hydrogen-bond acceptors (Lipinski definition) is 1. The number of carbonyl (C=O) groups excluding carboxylic acids is 1. The predicted molar refractivity (Wildman–Crippen MR) is 71.8 cm³/mol. The van der Waals surface area contributed by atoms with E-state index in [-0.39, 0.29) is 5.91 Å². The molecule has 0 aromatic heterocycles. The van der Waals surface area contributed by atoms with Gasteiger partial charge in [-0.15, -0.1) is 0 Å². The lowest BCUT2D eigenvalue weighted by atomic mass is 10.2. The fraction of sp³-hybridized carbons (Fsp3) is 0.250. The van der Waals surface area contributed by atoms with Crippen molar-refractivity contribution in [1.29, 1.82) is 0 Å². The zero-order chi connectivity index (χ0) is 12.1. The van der Waals surface area contributed by atoms with Gasteiger partial charge in [0.2, 0.25) is 0 Å². The lowest BCUT2D eigenvalue weighted by molar-refractivity contribution is -0.112. The minimum atomic E-state index is -0.107. The maximum atomic E-state index is 11.7. The van der Waals surface area contributed by atoms with Crippen molar-refractivity contribution in [3.8, 4) is 0 Å². The summed E-state index contributed by atoms with van der Waals surface area (Å²) in [6.45, 7) is 3.78. The van der Waals surface area contributed by atoms with E-state index in [0.717, 1.165) is 6.42 Å². The van der Waals surface area contributed by atoms with Crippen LogP contribution in [0.1, 0.15) is 20.3 Å². The molecule has 0 aliphatic carbocycles. The average Bonchev–Trinajstić information content (AvgIpc) is 2.25. The van der Waals surface area contributed by atoms with Gasteiger partial charge < -0.3 is 5.32 Å². The smallest absolute Gasteiger partial charge is 0.251 e. The van der Waals surface area contributed by atoms with Gasteiger partial charge in [0.25, 0.3) is 5.91 Å². The van der Waals surface area contributed by atoms with Crippen LogP contribution in [0.15, 0.2) is 34.3 Å². The molecule has 86 valence electrons. The average molecular weight is 303 g/mol. The minimum Gasteiger partial charge on any atom is -0.321 e. The first-order valence-electron chi connectivity index (χ1n) is 4.98. The van der Waals surface area contributed by atoms with Crippen LogP contribution < -0.4 is 5.32 Å². The van der Waals surface area contributed by atoms with Crippen molar-refractivity contribution >= 4 is 39.1 Å². The Bertz CT molecular complexity index is 429. The van der Waals surface area contributed by atoms with Crippen LogP contribution in [0.5, 0.6) is 0 Å². The molecule has 0 atom stereocenters. The molecule has 1 amide bonds. The molecule has 0 fully saturated rings. The molecule has 0 aliphatic rings. The number of amides is 1. The monoisotopic (exact) mass is 301 g/mol. The van der Waals surface area contributed by atoms with E-state index in [1.54, 1.807) is 25.1 Å². The van der Waals surface area contributed by atoms with Gasteiger partial charge in [0, 0.05) is 5.57 Å². The molecule has 1 rings (SSSR count). The topological polar surface area (TPSA) is 29.1 Å². The minimum absolute atomic E-state index is 0.107. The normalized spacial score (nSPS) is 11.4. The third-order valence-electron chi connectivity index (χ3n) is 2.07. The van der Waals surface area contributed by atoms with E-state index in [0.29, 0.717) is 20.8 Å². The number of anilines is 1. The number of hydrogen-bond donors (Lipinski definition) is 1. The number of allylic oxidation sites excluding steroid dienone is 1. The summed E-state index contributed by atoms with van der Waals surface area (Å²) < 4.78 is 0.703. The quantitative estimate of drug-likeness (QED) is 0.824. The fourth-order valence-electron chi connectivity index (χ4n) is 1.22. The largest absolute Gasteiger partial charge is 0.321 e. The Labute approximate surface area is 109 Å². The maximum Gasteiger partial charge on any atom is 0.251 e. The lowest BCUT2D eigenvalue weighted by Gasteiger charge is -2.08. The second-order valence-corrected chi connectivity index (χ2v) is 4.55. The second-order valence-electron chi connectivity index (χ2n) is 3.35. The van der Waals surface area contributed by atoms with Crippen molar-refractivity contribution in [1.82, 2.24) is 0 Å². The Morgan fingerprint density at radius 2 is 2.25 bits per heavy atom. The predicted octanol–water partition coefficient (Wildman–Crippen LogP) is 4.40. The van der Waals surface area contributed by atoms with Crippen LogP contribution in [0, 0.1) is 0 Å². The van der Waals surface area contributed by atoms with Crippen molar-refractivity contribution in [2.45, 2.75) is 20.3 Å². The number of halogens is 2. The molecule has 0 aliphatic heterocycles. The van der Waals surface area contributed by atoms with E-state index < -0.39 is 0 Å². The van der Waals surface area contributed by atoms with Gasteiger partial charge in [-0.25, -0.2) is 0 Å². The first kappa shape index (κ1) is 13.3. The van der Waals surface area contributed by atoms with Gasteiger partial charge >= 0.3 is 0 Å². The third kappa shape index (κ3) is 3.35. The third-order valence-corrected chi connectivity index (χ3v) is 3.47. The summed E-state index contributed by atoms with van der Waals surface area (Å²) >= 11 is 9.26. The first-order valence-corrected chi connectivity index (χ1v) is 6.15. The van der Waals surface area contributed by atoms with Gasteiger partial charge in [0.05, 0.1) is 15.2 Å². The van der Waals surface area contributed by atoms with Crippen LogP contribution >= 0.6 is 27.5 Å².